The molecule has 19 heavy (non-hydrogen) atoms. The Balaban J connectivity index is 2.50. The largest absolute Gasteiger partial charge is 0.462 e. The van der Waals surface area contributed by atoms with Crippen molar-refractivity contribution in [3.63, 3.8) is 0 Å². The minimum atomic E-state index is -0.675. The second kappa shape index (κ2) is 5.62. The normalized spacial score (nSPS) is 10.2. The molecule has 0 atom stereocenters. The van der Waals surface area contributed by atoms with E-state index in [9.17, 15) is 14.9 Å². The van der Waals surface area contributed by atoms with E-state index in [-0.39, 0.29) is 17.9 Å². The highest BCUT2D eigenvalue weighted by Gasteiger charge is 2.22. The predicted octanol–water partition coefficient (Wildman–Crippen LogP) is 3.50. The smallest absolute Gasteiger partial charge is 0.345 e. The lowest BCUT2D eigenvalue weighted by atomic mass is 10.0. The quantitative estimate of drug-likeness (QED) is 0.487. The first-order valence-electron chi connectivity index (χ1n) is 5.61. The van der Waals surface area contributed by atoms with Crippen LogP contribution in [-0.4, -0.2) is 17.5 Å². The Morgan fingerprint density at radius 3 is 2.74 bits per heavy atom. The van der Waals surface area contributed by atoms with Crippen LogP contribution in [0.2, 0.25) is 0 Å². The Morgan fingerprint density at radius 1 is 1.37 bits per heavy atom. The minimum Gasteiger partial charge on any atom is -0.462 e. The van der Waals surface area contributed by atoms with Crippen LogP contribution in [0.25, 0.3) is 11.1 Å². The molecule has 0 aliphatic heterocycles. The lowest BCUT2D eigenvalue weighted by molar-refractivity contribution is -0.385. The van der Waals surface area contributed by atoms with E-state index in [4.69, 9.17) is 4.74 Å². The van der Waals surface area contributed by atoms with Crippen molar-refractivity contribution in [1.29, 1.82) is 0 Å². The van der Waals surface area contributed by atoms with E-state index in [1.165, 1.54) is 23.5 Å². The highest BCUT2D eigenvalue weighted by molar-refractivity contribution is 7.08. The van der Waals surface area contributed by atoms with Crippen molar-refractivity contribution in [3.8, 4) is 11.1 Å². The SMILES string of the molecule is CCOC(=O)c1cc(-c2ccsc2)ccc1[N+](=O)[O-]. The third kappa shape index (κ3) is 2.79. The number of carbonyl (C=O) groups excluding carboxylic acids is 1. The Morgan fingerprint density at radius 2 is 2.16 bits per heavy atom. The molecule has 0 spiro atoms. The number of benzene rings is 1. The fourth-order valence-corrected chi connectivity index (χ4v) is 2.34. The summed E-state index contributed by atoms with van der Waals surface area (Å²) in [6.07, 6.45) is 0. The summed E-state index contributed by atoms with van der Waals surface area (Å²) in [7, 11) is 0. The van der Waals surface area contributed by atoms with Crippen LogP contribution >= 0.6 is 11.3 Å². The monoisotopic (exact) mass is 277 g/mol. The molecule has 0 bridgehead atoms. The maximum absolute atomic E-state index is 11.8. The van der Waals surface area contributed by atoms with Crippen molar-refractivity contribution in [2.45, 2.75) is 6.92 Å². The van der Waals surface area contributed by atoms with Crippen molar-refractivity contribution in [3.05, 3.63) is 50.7 Å². The van der Waals surface area contributed by atoms with Crippen LogP contribution in [0.3, 0.4) is 0 Å². The van der Waals surface area contributed by atoms with E-state index < -0.39 is 10.9 Å². The molecular formula is C13H11NO4S. The molecule has 0 N–H and O–H groups in total. The van der Waals surface area contributed by atoms with E-state index in [1.807, 2.05) is 16.8 Å². The van der Waals surface area contributed by atoms with Gasteiger partial charge in [-0.25, -0.2) is 4.79 Å². The molecule has 1 aromatic heterocycles. The Kier molecular flexibility index (Phi) is 3.91. The first kappa shape index (κ1) is 13.2. The predicted molar refractivity (Wildman–Crippen MR) is 72.4 cm³/mol. The lowest BCUT2D eigenvalue weighted by Crippen LogP contribution is -2.08. The molecule has 0 aliphatic rings. The zero-order valence-electron chi connectivity index (χ0n) is 10.2. The van der Waals surface area contributed by atoms with Gasteiger partial charge in [-0.15, -0.1) is 0 Å². The number of rotatable bonds is 4. The second-order valence-electron chi connectivity index (χ2n) is 3.72. The topological polar surface area (TPSA) is 69.4 Å². The number of nitro benzene ring substituents is 1. The van der Waals surface area contributed by atoms with Gasteiger partial charge in [0.2, 0.25) is 0 Å². The molecule has 0 radical (unpaired) electrons. The Bertz CT molecular complexity index is 607. The molecule has 2 aromatic rings. The summed E-state index contributed by atoms with van der Waals surface area (Å²) < 4.78 is 4.85. The van der Waals surface area contributed by atoms with Crippen molar-refractivity contribution < 1.29 is 14.5 Å². The third-order valence-electron chi connectivity index (χ3n) is 2.54. The van der Waals surface area contributed by atoms with Crippen LogP contribution in [0.15, 0.2) is 35.0 Å². The standard InChI is InChI=1S/C13H11NO4S/c1-2-18-13(15)11-7-9(10-5-6-19-8-10)3-4-12(11)14(16)17/h3-8H,2H2,1H3. The number of esters is 1. The summed E-state index contributed by atoms with van der Waals surface area (Å²) in [5.74, 6) is -0.675. The van der Waals surface area contributed by atoms with Gasteiger partial charge in [0.15, 0.2) is 0 Å². The zero-order chi connectivity index (χ0) is 13.8. The number of hydrogen-bond acceptors (Lipinski definition) is 5. The van der Waals surface area contributed by atoms with Crippen LogP contribution in [0.5, 0.6) is 0 Å². The van der Waals surface area contributed by atoms with Crippen LogP contribution < -0.4 is 0 Å². The number of hydrogen-bond donors (Lipinski definition) is 0. The first-order valence-corrected chi connectivity index (χ1v) is 6.56. The van der Waals surface area contributed by atoms with Gasteiger partial charge in [-0.3, -0.25) is 10.1 Å². The molecule has 0 saturated heterocycles. The second-order valence-corrected chi connectivity index (χ2v) is 4.50. The summed E-state index contributed by atoms with van der Waals surface area (Å²) in [4.78, 5) is 22.1. The van der Waals surface area contributed by atoms with Gasteiger partial charge in [0.1, 0.15) is 5.56 Å². The van der Waals surface area contributed by atoms with Gasteiger partial charge in [0, 0.05) is 6.07 Å². The molecule has 0 fully saturated rings. The van der Waals surface area contributed by atoms with Crippen molar-refractivity contribution in [2.75, 3.05) is 6.61 Å². The van der Waals surface area contributed by atoms with Gasteiger partial charge in [0.25, 0.3) is 5.69 Å². The average molecular weight is 277 g/mol. The highest BCUT2D eigenvalue weighted by atomic mass is 32.1. The molecule has 1 aromatic carbocycles. The van der Waals surface area contributed by atoms with Crippen LogP contribution in [0, 0.1) is 10.1 Å². The summed E-state index contributed by atoms with van der Waals surface area (Å²) in [5, 5.41) is 14.7. The fourth-order valence-electron chi connectivity index (χ4n) is 1.68. The molecule has 98 valence electrons. The van der Waals surface area contributed by atoms with Crippen molar-refractivity contribution in [1.82, 2.24) is 0 Å². The molecular weight excluding hydrogens is 266 g/mol. The third-order valence-corrected chi connectivity index (χ3v) is 3.23. The van der Waals surface area contributed by atoms with Gasteiger partial charge in [0.05, 0.1) is 11.5 Å². The Hall–Kier alpha value is -2.21. The molecule has 1 heterocycles. The Labute approximate surface area is 113 Å². The lowest BCUT2D eigenvalue weighted by Gasteiger charge is -2.05. The van der Waals surface area contributed by atoms with Gasteiger partial charge >= 0.3 is 5.97 Å². The van der Waals surface area contributed by atoms with Crippen LogP contribution in [0.1, 0.15) is 17.3 Å². The van der Waals surface area contributed by atoms with Gasteiger partial charge in [-0.05, 0) is 47.0 Å². The highest BCUT2D eigenvalue weighted by Crippen LogP contribution is 2.28. The molecule has 6 heteroatoms. The number of ether oxygens (including phenoxy) is 1. The molecule has 0 saturated carbocycles. The average Bonchev–Trinajstić information content (AvgIpc) is 2.92. The number of nitrogens with zero attached hydrogens (tertiary/aromatic N) is 1. The van der Waals surface area contributed by atoms with Crippen LogP contribution in [0.4, 0.5) is 5.69 Å². The zero-order valence-corrected chi connectivity index (χ0v) is 11.0. The molecule has 2 rings (SSSR count). The summed E-state index contributed by atoms with van der Waals surface area (Å²) in [6.45, 7) is 1.84. The van der Waals surface area contributed by atoms with Crippen molar-refractivity contribution >= 4 is 23.0 Å². The minimum absolute atomic E-state index is 0.0180. The van der Waals surface area contributed by atoms with E-state index in [0.29, 0.717) is 0 Å². The van der Waals surface area contributed by atoms with Crippen LogP contribution in [-0.2, 0) is 4.74 Å². The summed E-state index contributed by atoms with van der Waals surface area (Å²) in [6, 6.07) is 6.35. The number of nitro groups is 1. The number of thiophene rings is 1. The number of carbonyl (C=O) groups is 1. The van der Waals surface area contributed by atoms with E-state index >= 15 is 0 Å². The van der Waals surface area contributed by atoms with E-state index in [0.717, 1.165) is 11.1 Å². The first-order chi connectivity index (χ1) is 9.13. The van der Waals surface area contributed by atoms with E-state index in [2.05, 4.69) is 0 Å². The molecule has 0 unspecified atom stereocenters. The molecule has 0 aliphatic carbocycles. The van der Waals surface area contributed by atoms with E-state index in [1.54, 1.807) is 13.0 Å². The maximum atomic E-state index is 11.8. The summed E-state index contributed by atoms with van der Waals surface area (Å²) >= 11 is 1.52. The summed E-state index contributed by atoms with van der Waals surface area (Å²) in [5.41, 5.74) is 1.42. The molecule has 0 amide bonds. The van der Waals surface area contributed by atoms with Gasteiger partial charge in [-0.2, -0.15) is 11.3 Å². The van der Waals surface area contributed by atoms with Gasteiger partial charge in [-0.1, -0.05) is 0 Å². The maximum Gasteiger partial charge on any atom is 0.345 e. The van der Waals surface area contributed by atoms with Gasteiger partial charge < -0.3 is 4.74 Å². The van der Waals surface area contributed by atoms with Crippen molar-refractivity contribution in [2.24, 2.45) is 0 Å². The fraction of sp³-hybridized carbons (Fsp3) is 0.154. The molecule has 5 nitrogen and oxygen atoms in total.